The third-order valence-corrected chi connectivity index (χ3v) is 5.72. The van der Waals surface area contributed by atoms with E-state index in [1.807, 2.05) is 13.0 Å². The summed E-state index contributed by atoms with van der Waals surface area (Å²) < 4.78 is 29.8. The minimum Gasteiger partial charge on any atom is -0.383 e. The first-order valence-electron chi connectivity index (χ1n) is 9.93. The highest BCUT2D eigenvalue weighted by Gasteiger charge is 2.21. The van der Waals surface area contributed by atoms with Gasteiger partial charge in [0.05, 0.1) is 10.5 Å². The van der Waals surface area contributed by atoms with E-state index < -0.39 is 11.6 Å². The minimum absolute atomic E-state index is 0.0106. The highest BCUT2D eigenvalue weighted by molar-refractivity contribution is 6.31. The molecule has 5 rings (SSSR count). The summed E-state index contributed by atoms with van der Waals surface area (Å²) in [5, 5.41) is 4.01. The van der Waals surface area contributed by atoms with E-state index in [1.165, 1.54) is 4.52 Å². The van der Waals surface area contributed by atoms with Gasteiger partial charge in [-0.2, -0.15) is 5.10 Å². The molecule has 4 aromatic heterocycles. The number of aryl methyl sites for hydroxylation is 1. The second kappa shape index (κ2) is 8.18. The number of anilines is 1. The van der Waals surface area contributed by atoms with Gasteiger partial charge in [0, 0.05) is 47.9 Å². The summed E-state index contributed by atoms with van der Waals surface area (Å²) in [4.78, 5) is 17.7. The highest BCUT2D eigenvalue weighted by atomic mass is 35.5. The van der Waals surface area contributed by atoms with Crippen molar-refractivity contribution in [1.82, 2.24) is 29.5 Å². The molecule has 0 aliphatic heterocycles. The Hall–Kier alpha value is -3.98. The molecule has 0 radical (unpaired) electrons. The molecule has 0 saturated carbocycles. The molecule has 164 valence electrons. The van der Waals surface area contributed by atoms with Crippen LogP contribution in [0.5, 0.6) is 0 Å². The van der Waals surface area contributed by atoms with Gasteiger partial charge < -0.3 is 5.73 Å². The maximum absolute atomic E-state index is 14.4. The molecular formula is C23H16ClF2N7. The maximum atomic E-state index is 14.4. The predicted octanol–water partition coefficient (Wildman–Crippen LogP) is 4.66. The third-order valence-electron chi connectivity index (χ3n) is 5.31. The first-order valence-corrected chi connectivity index (χ1v) is 10.3. The van der Waals surface area contributed by atoms with E-state index in [0.717, 1.165) is 23.3 Å². The summed E-state index contributed by atoms with van der Waals surface area (Å²) in [5.41, 5.74) is 9.71. The Morgan fingerprint density at radius 1 is 1.00 bits per heavy atom. The Labute approximate surface area is 191 Å². The number of hydrogen-bond acceptors (Lipinski definition) is 6. The van der Waals surface area contributed by atoms with Crippen LogP contribution in [0.3, 0.4) is 0 Å². The Morgan fingerprint density at radius 2 is 1.82 bits per heavy atom. The number of aromatic nitrogens is 6. The number of imidazole rings is 1. The molecule has 10 heteroatoms. The van der Waals surface area contributed by atoms with Crippen molar-refractivity contribution in [3.05, 3.63) is 88.7 Å². The molecule has 0 bridgehead atoms. The lowest BCUT2D eigenvalue weighted by Crippen LogP contribution is -2.02. The van der Waals surface area contributed by atoms with Crippen molar-refractivity contribution >= 4 is 22.9 Å². The van der Waals surface area contributed by atoms with E-state index in [9.17, 15) is 8.78 Å². The fourth-order valence-corrected chi connectivity index (χ4v) is 3.84. The number of rotatable bonds is 4. The minimum atomic E-state index is -0.709. The van der Waals surface area contributed by atoms with Crippen LogP contribution in [0.1, 0.15) is 17.0 Å². The topological polar surface area (TPSA) is 94.9 Å². The van der Waals surface area contributed by atoms with Crippen LogP contribution in [-0.2, 0) is 6.42 Å². The molecule has 0 spiro atoms. The highest BCUT2D eigenvalue weighted by Crippen LogP contribution is 2.30. The monoisotopic (exact) mass is 463 g/mol. The summed E-state index contributed by atoms with van der Waals surface area (Å²) in [5.74, 6) is -0.449. The van der Waals surface area contributed by atoms with Gasteiger partial charge in [0.15, 0.2) is 5.82 Å². The van der Waals surface area contributed by atoms with E-state index in [-0.39, 0.29) is 28.6 Å². The summed E-state index contributed by atoms with van der Waals surface area (Å²) >= 11 is 6.01. The third kappa shape index (κ3) is 3.66. The SMILES string of the molecule is Cc1ccncc1-c1cnc(-c2nc(Cc3c(F)ccc(F)c3Cl)n3ncccc23)nc1N. The quantitative estimate of drug-likeness (QED) is 0.389. The fourth-order valence-electron chi connectivity index (χ4n) is 3.62. The van der Waals surface area contributed by atoms with Crippen molar-refractivity contribution < 1.29 is 8.78 Å². The predicted molar refractivity (Wildman–Crippen MR) is 121 cm³/mol. The summed E-state index contributed by atoms with van der Waals surface area (Å²) in [6, 6.07) is 7.40. The standard InChI is InChI=1S/C23H16ClF2N7/c1-12-6-8-28-10-14(12)15-11-29-23(32-22(15)27)21-18-3-2-7-30-33(18)19(31-21)9-13-16(25)4-5-17(26)20(13)24/h2-8,10-11H,9H2,1H3,(H2,27,29,32). The van der Waals surface area contributed by atoms with Crippen LogP contribution in [0.25, 0.3) is 28.2 Å². The van der Waals surface area contributed by atoms with Crippen molar-refractivity contribution in [2.24, 2.45) is 0 Å². The van der Waals surface area contributed by atoms with E-state index in [1.54, 1.807) is 36.9 Å². The van der Waals surface area contributed by atoms with Crippen LogP contribution >= 0.6 is 11.6 Å². The molecule has 5 aromatic rings. The molecule has 0 atom stereocenters. The molecule has 33 heavy (non-hydrogen) atoms. The summed E-state index contributed by atoms with van der Waals surface area (Å²) in [6.45, 7) is 1.95. The number of nitrogen functional groups attached to an aromatic ring is 1. The van der Waals surface area contributed by atoms with Gasteiger partial charge in [-0.05, 0) is 42.8 Å². The zero-order valence-electron chi connectivity index (χ0n) is 17.3. The van der Waals surface area contributed by atoms with Gasteiger partial charge in [-0.15, -0.1) is 0 Å². The van der Waals surface area contributed by atoms with Crippen LogP contribution in [0, 0.1) is 18.6 Å². The molecule has 7 nitrogen and oxygen atoms in total. The lowest BCUT2D eigenvalue weighted by Gasteiger charge is -2.08. The molecule has 0 saturated heterocycles. The summed E-state index contributed by atoms with van der Waals surface area (Å²) in [6.07, 6.45) is 6.50. The van der Waals surface area contributed by atoms with Gasteiger partial charge in [-0.1, -0.05) is 11.6 Å². The molecule has 2 N–H and O–H groups in total. The Bertz CT molecular complexity index is 1520. The van der Waals surface area contributed by atoms with Crippen LogP contribution in [0.2, 0.25) is 5.02 Å². The largest absolute Gasteiger partial charge is 0.383 e. The van der Waals surface area contributed by atoms with Gasteiger partial charge in [0.1, 0.15) is 29.0 Å². The van der Waals surface area contributed by atoms with Gasteiger partial charge in [0.2, 0.25) is 0 Å². The second-order valence-electron chi connectivity index (χ2n) is 7.38. The molecule has 1 aromatic carbocycles. The number of fused-ring (bicyclic) bond motifs is 1. The lowest BCUT2D eigenvalue weighted by molar-refractivity contribution is 0.587. The fraction of sp³-hybridized carbons (Fsp3) is 0.0870. The lowest BCUT2D eigenvalue weighted by atomic mass is 10.1. The van der Waals surface area contributed by atoms with Crippen LogP contribution in [-0.4, -0.2) is 29.5 Å². The molecule has 0 amide bonds. The van der Waals surface area contributed by atoms with Crippen LogP contribution < -0.4 is 5.73 Å². The van der Waals surface area contributed by atoms with Crippen molar-refractivity contribution in [1.29, 1.82) is 0 Å². The Morgan fingerprint density at radius 3 is 2.61 bits per heavy atom. The number of nitrogens with zero attached hydrogens (tertiary/aromatic N) is 6. The molecule has 4 heterocycles. The Kier molecular flexibility index (Phi) is 5.18. The average Bonchev–Trinajstić information content (AvgIpc) is 3.18. The van der Waals surface area contributed by atoms with E-state index >= 15 is 0 Å². The number of halogens is 3. The normalized spacial score (nSPS) is 11.3. The number of nitrogens with two attached hydrogens (primary N) is 1. The number of pyridine rings is 1. The average molecular weight is 464 g/mol. The van der Waals surface area contributed by atoms with Gasteiger partial charge in [-0.25, -0.2) is 28.2 Å². The smallest absolute Gasteiger partial charge is 0.182 e. The number of hydrogen-bond donors (Lipinski definition) is 1. The molecule has 0 aliphatic rings. The van der Waals surface area contributed by atoms with Crippen LogP contribution in [0.15, 0.2) is 55.1 Å². The van der Waals surface area contributed by atoms with Crippen molar-refractivity contribution in [3.8, 4) is 22.6 Å². The van der Waals surface area contributed by atoms with Gasteiger partial charge in [0.25, 0.3) is 0 Å². The second-order valence-corrected chi connectivity index (χ2v) is 7.76. The van der Waals surface area contributed by atoms with Crippen LogP contribution in [0.4, 0.5) is 14.6 Å². The van der Waals surface area contributed by atoms with Gasteiger partial charge in [-0.3, -0.25) is 4.98 Å². The van der Waals surface area contributed by atoms with Crippen molar-refractivity contribution in [2.45, 2.75) is 13.3 Å². The van der Waals surface area contributed by atoms with Crippen molar-refractivity contribution in [3.63, 3.8) is 0 Å². The first kappa shape index (κ1) is 20.9. The first-order chi connectivity index (χ1) is 15.9. The zero-order chi connectivity index (χ0) is 23.1. The van der Waals surface area contributed by atoms with E-state index in [2.05, 4.69) is 25.0 Å². The van der Waals surface area contributed by atoms with Gasteiger partial charge >= 0.3 is 0 Å². The van der Waals surface area contributed by atoms with E-state index in [4.69, 9.17) is 17.3 Å². The Balaban J connectivity index is 1.62. The summed E-state index contributed by atoms with van der Waals surface area (Å²) in [7, 11) is 0. The number of benzene rings is 1. The molecule has 0 aliphatic carbocycles. The molecule has 0 fully saturated rings. The van der Waals surface area contributed by atoms with Crippen molar-refractivity contribution in [2.75, 3.05) is 5.73 Å². The molecule has 0 unspecified atom stereocenters. The van der Waals surface area contributed by atoms with E-state index in [0.29, 0.717) is 22.6 Å². The zero-order valence-corrected chi connectivity index (χ0v) is 18.1. The maximum Gasteiger partial charge on any atom is 0.182 e. The molecular weight excluding hydrogens is 448 g/mol.